The lowest BCUT2D eigenvalue weighted by molar-refractivity contribution is -0.123. The van der Waals surface area contributed by atoms with Gasteiger partial charge in [-0.05, 0) is 65.3 Å². The summed E-state index contributed by atoms with van der Waals surface area (Å²) >= 11 is 2.11. The van der Waals surface area contributed by atoms with E-state index >= 15 is 0 Å². The molecule has 8 nitrogen and oxygen atoms in total. The van der Waals surface area contributed by atoms with Crippen LogP contribution in [0.2, 0.25) is 0 Å². The number of nitrogens with zero attached hydrogens (tertiary/aromatic N) is 1. The Balaban J connectivity index is 2.14. The summed E-state index contributed by atoms with van der Waals surface area (Å²) in [6, 6.07) is 8.96. The van der Waals surface area contributed by atoms with Crippen LogP contribution in [0.3, 0.4) is 0 Å². The van der Waals surface area contributed by atoms with Gasteiger partial charge in [0.15, 0.2) is 11.5 Å². The number of carbonyl (C=O) groups is 1. The van der Waals surface area contributed by atoms with Gasteiger partial charge in [0, 0.05) is 0 Å². The van der Waals surface area contributed by atoms with Crippen molar-refractivity contribution in [1.29, 1.82) is 0 Å². The molecular weight excluding hydrogens is 533 g/mol. The van der Waals surface area contributed by atoms with Crippen LogP contribution in [-0.4, -0.2) is 40.8 Å². The van der Waals surface area contributed by atoms with Crippen molar-refractivity contribution in [3.8, 4) is 11.5 Å². The zero-order valence-corrected chi connectivity index (χ0v) is 20.9. The van der Waals surface area contributed by atoms with Gasteiger partial charge in [0.2, 0.25) is 10.0 Å². The highest BCUT2D eigenvalue weighted by Gasteiger charge is 2.28. The highest BCUT2D eigenvalue weighted by Crippen LogP contribution is 2.33. The predicted octanol–water partition coefficient (Wildman–Crippen LogP) is 3.07. The average Bonchev–Trinajstić information content (AvgIpc) is 2.71. The fourth-order valence-electron chi connectivity index (χ4n) is 2.70. The van der Waals surface area contributed by atoms with Crippen LogP contribution in [0.15, 0.2) is 46.4 Å². The first-order valence-corrected chi connectivity index (χ1v) is 12.0. The molecule has 0 spiro atoms. The molecule has 2 aromatic carbocycles. The topological polar surface area (TPSA) is 106 Å². The van der Waals surface area contributed by atoms with E-state index in [4.69, 9.17) is 9.47 Å². The second kappa shape index (κ2) is 10.9. The van der Waals surface area contributed by atoms with E-state index < -0.39 is 22.0 Å². The van der Waals surface area contributed by atoms with Crippen molar-refractivity contribution >= 4 is 44.7 Å². The fraction of sp³-hybridized carbons (Fsp3) is 0.333. The number of hydrazone groups is 1. The number of methoxy groups -OCH3 is 2. The number of ether oxygens (including phenoxy) is 2. The molecule has 2 N–H and O–H groups in total. The zero-order valence-electron chi connectivity index (χ0n) is 18.0. The summed E-state index contributed by atoms with van der Waals surface area (Å²) in [6.07, 6.45) is 1.45. The number of aryl methyl sites for hydroxylation is 1. The van der Waals surface area contributed by atoms with Crippen LogP contribution in [-0.2, 0) is 14.8 Å². The molecule has 0 saturated heterocycles. The lowest BCUT2D eigenvalue weighted by atomic mass is 10.1. The summed E-state index contributed by atoms with van der Waals surface area (Å²) in [4.78, 5) is 12.7. The molecule has 10 heteroatoms. The molecule has 0 aromatic heterocycles. The van der Waals surface area contributed by atoms with Crippen molar-refractivity contribution in [3.63, 3.8) is 0 Å². The molecular formula is C21H26IN3O5S. The largest absolute Gasteiger partial charge is 0.493 e. The van der Waals surface area contributed by atoms with Gasteiger partial charge in [0.05, 0.1) is 28.9 Å². The van der Waals surface area contributed by atoms with Gasteiger partial charge in [-0.25, -0.2) is 13.8 Å². The molecule has 0 bridgehead atoms. The van der Waals surface area contributed by atoms with Gasteiger partial charge in [0.1, 0.15) is 6.04 Å². The van der Waals surface area contributed by atoms with Crippen LogP contribution < -0.4 is 19.6 Å². The molecule has 2 rings (SSSR count). The lowest BCUT2D eigenvalue weighted by Crippen LogP contribution is -2.48. The van der Waals surface area contributed by atoms with E-state index in [1.807, 2.05) is 13.0 Å². The Bertz CT molecular complexity index is 1050. The molecule has 0 fully saturated rings. The number of rotatable bonds is 9. The Morgan fingerprint density at radius 2 is 1.77 bits per heavy atom. The number of halogens is 1. The summed E-state index contributed by atoms with van der Waals surface area (Å²) in [5.74, 6) is 0.289. The molecule has 1 amide bonds. The summed E-state index contributed by atoms with van der Waals surface area (Å²) in [5.41, 5.74) is 4.04. The fourth-order valence-corrected chi connectivity index (χ4v) is 4.89. The minimum Gasteiger partial charge on any atom is -0.493 e. The van der Waals surface area contributed by atoms with E-state index in [1.54, 1.807) is 39.2 Å². The summed E-state index contributed by atoms with van der Waals surface area (Å²) in [6.45, 7) is 5.37. The molecule has 168 valence electrons. The van der Waals surface area contributed by atoms with Gasteiger partial charge in [-0.15, -0.1) is 0 Å². The first-order chi connectivity index (χ1) is 14.6. The van der Waals surface area contributed by atoms with Crippen molar-refractivity contribution in [3.05, 3.63) is 51.1 Å². The van der Waals surface area contributed by atoms with Crippen molar-refractivity contribution < 1.29 is 22.7 Å². The summed E-state index contributed by atoms with van der Waals surface area (Å²) in [7, 11) is -0.775. The summed E-state index contributed by atoms with van der Waals surface area (Å²) in [5, 5.41) is 3.97. The van der Waals surface area contributed by atoms with Gasteiger partial charge in [-0.1, -0.05) is 31.5 Å². The third kappa shape index (κ3) is 6.65. The molecule has 31 heavy (non-hydrogen) atoms. The SMILES string of the molecule is COc1cc(/C=N\NC(=O)[C@H](NS(=O)(=O)c2ccc(C)cc2)C(C)C)cc(I)c1OC. The Kier molecular flexibility index (Phi) is 8.83. The Morgan fingerprint density at radius 1 is 1.13 bits per heavy atom. The lowest BCUT2D eigenvalue weighted by Gasteiger charge is -2.20. The monoisotopic (exact) mass is 559 g/mol. The minimum absolute atomic E-state index is 0.0972. The maximum Gasteiger partial charge on any atom is 0.258 e. The second-order valence-corrected chi connectivity index (χ2v) is 10.0. The number of hydrogen-bond acceptors (Lipinski definition) is 6. The van der Waals surface area contributed by atoms with Crippen molar-refractivity contribution in [2.75, 3.05) is 14.2 Å². The van der Waals surface area contributed by atoms with E-state index in [9.17, 15) is 13.2 Å². The Labute approximate surface area is 196 Å². The van der Waals surface area contributed by atoms with Gasteiger partial charge >= 0.3 is 0 Å². The minimum atomic E-state index is -3.86. The van der Waals surface area contributed by atoms with E-state index in [1.165, 1.54) is 25.5 Å². The number of nitrogens with one attached hydrogen (secondary N) is 2. The van der Waals surface area contributed by atoms with Crippen LogP contribution in [0.4, 0.5) is 0 Å². The first kappa shape index (κ1) is 25.1. The smallest absolute Gasteiger partial charge is 0.258 e. The molecule has 0 radical (unpaired) electrons. The van der Waals surface area contributed by atoms with Crippen LogP contribution in [0.5, 0.6) is 11.5 Å². The van der Waals surface area contributed by atoms with Crippen molar-refractivity contribution in [2.45, 2.75) is 31.7 Å². The Morgan fingerprint density at radius 3 is 2.32 bits per heavy atom. The zero-order chi connectivity index (χ0) is 23.2. The van der Waals surface area contributed by atoms with E-state index in [0.29, 0.717) is 17.1 Å². The van der Waals surface area contributed by atoms with Crippen LogP contribution in [0.1, 0.15) is 25.0 Å². The van der Waals surface area contributed by atoms with Crippen LogP contribution >= 0.6 is 22.6 Å². The van der Waals surface area contributed by atoms with Gasteiger partial charge in [-0.2, -0.15) is 9.82 Å². The third-order valence-corrected chi connectivity index (χ3v) is 6.67. The predicted molar refractivity (Wildman–Crippen MR) is 128 cm³/mol. The number of sulfonamides is 1. The van der Waals surface area contributed by atoms with Crippen LogP contribution in [0, 0.1) is 16.4 Å². The standard InChI is InChI=1S/C21H26IN3O5S/c1-13(2)19(25-31(27,28)16-8-6-14(3)7-9-16)21(26)24-23-12-15-10-17(22)20(30-5)18(11-15)29-4/h6-13,19,25H,1-5H3,(H,24,26)/b23-12-/t19-/m1/s1. The summed E-state index contributed by atoms with van der Waals surface area (Å²) < 4.78 is 39.2. The average molecular weight is 559 g/mol. The first-order valence-electron chi connectivity index (χ1n) is 9.42. The number of amides is 1. The van der Waals surface area contributed by atoms with Crippen LogP contribution in [0.25, 0.3) is 0 Å². The van der Waals surface area contributed by atoms with E-state index in [-0.39, 0.29) is 10.8 Å². The highest BCUT2D eigenvalue weighted by molar-refractivity contribution is 14.1. The maximum absolute atomic E-state index is 12.7. The second-order valence-electron chi connectivity index (χ2n) is 7.13. The van der Waals surface area contributed by atoms with E-state index in [2.05, 4.69) is 37.8 Å². The van der Waals surface area contributed by atoms with Gasteiger partial charge in [-0.3, -0.25) is 4.79 Å². The maximum atomic E-state index is 12.7. The van der Waals surface area contributed by atoms with Gasteiger partial charge in [0.25, 0.3) is 5.91 Å². The molecule has 0 aliphatic heterocycles. The number of carbonyl (C=O) groups excluding carboxylic acids is 1. The molecule has 0 saturated carbocycles. The van der Waals surface area contributed by atoms with Crippen molar-refractivity contribution in [2.24, 2.45) is 11.0 Å². The third-order valence-electron chi connectivity index (χ3n) is 4.41. The number of benzene rings is 2. The van der Waals surface area contributed by atoms with Gasteiger partial charge < -0.3 is 9.47 Å². The molecule has 0 aliphatic carbocycles. The molecule has 0 aliphatic rings. The normalized spacial score (nSPS) is 12.7. The quantitative estimate of drug-likeness (QED) is 0.279. The van der Waals surface area contributed by atoms with E-state index in [0.717, 1.165) is 9.13 Å². The molecule has 0 heterocycles. The molecule has 1 atom stereocenters. The molecule has 0 unspecified atom stereocenters. The highest BCUT2D eigenvalue weighted by atomic mass is 127. The molecule has 2 aromatic rings. The Hall–Kier alpha value is -2.18. The number of hydrogen-bond donors (Lipinski definition) is 2. The van der Waals surface area contributed by atoms with Crippen molar-refractivity contribution in [1.82, 2.24) is 10.1 Å².